The number of amides is 2. The van der Waals surface area contributed by atoms with Crippen LogP contribution in [0.3, 0.4) is 0 Å². The number of ether oxygens (including phenoxy) is 1. The van der Waals surface area contributed by atoms with Gasteiger partial charge < -0.3 is 20.5 Å². The molecule has 3 N–H and O–H groups in total. The Hall–Kier alpha value is -1.30. The Bertz CT molecular complexity index is 312. The van der Waals surface area contributed by atoms with Crippen molar-refractivity contribution in [2.75, 3.05) is 20.2 Å². The average Bonchev–Trinajstić information content (AvgIpc) is 2.38. The third-order valence-electron chi connectivity index (χ3n) is 3.62. The second-order valence-electron chi connectivity index (χ2n) is 5.29. The third-order valence-corrected chi connectivity index (χ3v) is 3.62. The number of hydrogen-bond donors (Lipinski definition) is 3. The first-order valence-corrected chi connectivity index (χ1v) is 6.53. The summed E-state index contributed by atoms with van der Waals surface area (Å²) in [5.41, 5.74) is -1.34. The summed E-state index contributed by atoms with van der Waals surface area (Å²) in [7, 11) is 1.57. The Balaban J connectivity index is 4.32. The molecule has 0 saturated carbocycles. The normalized spacial score (nSPS) is 12.1. The predicted molar refractivity (Wildman–Crippen MR) is 73.1 cm³/mol. The molecule has 0 saturated heterocycles. The second kappa shape index (κ2) is 7.33. The van der Waals surface area contributed by atoms with Crippen molar-refractivity contribution in [2.45, 2.75) is 46.1 Å². The van der Waals surface area contributed by atoms with E-state index in [0.717, 1.165) is 0 Å². The van der Waals surface area contributed by atoms with Gasteiger partial charge in [0.1, 0.15) is 0 Å². The Morgan fingerprint density at radius 1 is 1.11 bits per heavy atom. The highest BCUT2D eigenvalue weighted by molar-refractivity contribution is 5.78. The molecule has 0 aromatic heterocycles. The second-order valence-corrected chi connectivity index (χ2v) is 5.29. The van der Waals surface area contributed by atoms with E-state index in [-0.39, 0.29) is 12.6 Å². The molecule has 0 aromatic carbocycles. The Kier molecular flexibility index (Phi) is 6.83. The van der Waals surface area contributed by atoms with Crippen molar-refractivity contribution in [3.63, 3.8) is 0 Å². The quantitative estimate of drug-likeness (QED) is 0.627. The molecule has 2 amide bonds. The summed E-state index contributed by atoms with van der Waals surface area (Å²) in [6.07, 6.45) is 0.950. The van der Waals surface area contributed by atoms with Crippen LogP contribution in [0.15, 0.2) is 0 Å². The highest BCUT2D eigenvalue weighted by Gasteiger charge is 2.35. The molecule has 0 spiro atoms. The van der Waals surface area contributed by atoms with Crippen LogP contribution in [0.5, 0.6) is 0 Å². The Morgan fingerprint density at radius 3 is 1.95 bits per heavy atom. The zero-order chi connectivity index (χ0) is 15.1. The molecule has 0 aromatic rings. The van der Waals surface area contributed by atoms with E-state index >= 15 is 0 Å². The lowest BCUT2D eigenvalue weighted by Gasteiger charge is -2.28. The minimum atomic E-state index is -0.895. The summed E-state index contributed by atoms with van der Waals surface area (Å²) in [6.45, 7) is 7.80. The van der Waals surface area contributed by atoms with Crippen molar-refractivity contribution in [3.8, 4) is 0 Å². The third kappa shape index (κ3) is 5.46. The number of rotatable bonds is 8. The smallest absolute Gasteiger partial charge is 0.314 e. The monoisotopic (exact) mass is 274 g/mol. The number of carboxylic acids is 1. The summed E-state index contributed by atoms with van der Waals surface area (Å²) in [4.78, 5) is 22.9. The zero-order valence-corrected chi connectivity index (χ0v) is 12.5. The molecule has 0 atom stereocenters. The fraction of sp³-hybridized carbons (Fsp3) is 0.846. The largest absolute Gasteiger partial charge is 0.481 e. The predicted octanol–water partition coefficient (Wildman–Crippen LogP) is 1.60. The number of aliphatic carboxylic acids is 1. The van der Waals surface area contributed by atoms with Gasteiger partial charge in [0.05, 0.1) is 11.0 Å². The summed E-state index contributed by atoms with van der Waals surface area (Å²) in [6, 6.07) is -0.377. The van der Waals surface area contributed by atoms with Crippen molar-refractivity contribution < 1.29 is 19.4 Å². The van der Waals surface area contributed by atoms with Crippen molar-refractivity contribution >= 4 is 12.0 Å². The van der Waals surface area contributed by atoms with E-state index in [1.807, 2.05) is 27.7 Å². The summed E-state index contributed by atoms with van der Waals surface area (Å²) >= 11 is 0. The molecular weight excluding hydrogens is 248 g/mol. The lowest BCUT2D eigenvalue weighted by atomic mass is 9.82. The van der Waals surface area contributed by atoms with Gasteiger partial charge in [-0.15, -0.1) is 0 Å². The molecule has 0 aliphatic heterocycles. The van der Waals surface area contributed by atoms with Crippen LogP contribution in [0.4, 0.5) is 4.79 Å². The van der Waals surface area contributed by atoms with Gasteiger partial charge in [0.15, 0.2) is 0 Å². The first-order chi connectivity index (χ1) is 8.73. The van der Waals surface area contributed by atoms with E-state index in [4.69, 9.17) is 4.74 Å². The van der Waals surface area contributed by atoms with E-state index in [0.29, 0.717) is 19.4 Å². The number of carboxylic acid groups (broad SMARTS) is 1. The summed E-state index contributed by atoms with van der Waals surface area (Å²) in [5.74, 6) is -0.880. The first-order valence-electron chi connectivity index (χ1n) is 6.53. The number of urea groups is 1. The number of hydrogen-bond acceptors (Lipinski definition) is 3. The maximum Gasteiger partial charge on any atom is 0.314 e. The van der Waals surface area contributed by atoms with E-state index in [1.165, 1.54) is 0 Å². The van der Waals surface area contributed by atoms with Gasteiger partial charge in [-0.3, -0.25) is 4.79 Å². The summed E-state index contributed by atoms with van der Waals surface area (Å²) in [5, 5.41) is 14.5. The standard InChI is InChI=1S/C13H26N2O4/c1-6-13(7-2,10(16)17)9-15-11(18)14-8-12(3,4)19-5/h6-9H2,1-5H3,(H,16,17)(H2,14,15,18). The molecule has 0 heterocycles. The maximum absolute atomic E-state index is 11.6. The molecule has 0 unspecified atom stereocenters. The number of carbonyl (C=O) groups is 2. The minimum absolute atomic E-state index is 0.120. The van der Waals surface area contributed by atoms with Crippen LogP contribution in [0.25, 0.3) is 0 Å². The van der Waals surface area contributed by atoms with E-state index in [9.17, 15) is 14.7 Å². The van der Waals surface area contributed by atoms with Crippen LogP contribution in [-0.2, 0) is 9.53 Å². The fourth-order valence-corrected chi connectivity index (χ4v) is 1.56. The molecule has 0 aliphatic rings. The molecule has 112 valence electrons. The molecule has 0 fully saturated rings. The van der Waals surface area contributed by atoms with Gasteiger partial charge in [0, 0.05) is 20.2 Å². The van der Waals surface area contributed by atoms with Gasteiger partial charge >= 0.3 is 12.0 Å². The zero-order valence-electron chi connectivity index (χ0n) is 12.5. The van der Waals surface area contributed by atoms with Gasteiger partial charge in [0.25, 0.3) is 0 Å². The van der Waals surface area contributed by atoms with Crippen LogP contribution in [0.1, 0.15) is 40.5 Å². The number of methoxy groups -OCH3 is 1. The van der Waals surface area contributed by atoms with Crippen LogP contribution >= 0.6 is 0 Å². The highest BCUT2D eigenvalue weighted by Crippen LogP contribution is 2.25. The minimum Gasteiger partial charge on any atom is -0.481 e. The fourth-order valence-electron chi connectivity index (χ4n) is 1.56. The maximum atomic E-state index is 11.6. The molecule has 0 radical (unpaired) electrons. The molecule has 0 aliphatic carbocycles. The van der Waals surface area contributed by atoms with E-state index in [1.54, 1.807) is 7.11 Å². The van der Waals surface area contributed by atoms with Crippen LogP contribution < -0.4 is 10.6 Å². The van der Waals surface area contributed by atoms with Crippen molar-refractivity contribution in [1.29, 1.82) is 0 Å². The first kappa shape index (κ1) is 17.7. The highest BCUT2D eigenvalue weighted by atomic mass is 16.5. The number of carbonyl (C=O) groups excluding carboxylic acids is 1. The summed E-state index contributed by atoms with van der Waals surface area (Å²) < 4.78 is 5.18. The van der Waals surface area contributed by atoms with Gasteiger partial charge in [-0.1, -0.05) is 13.8 Å². The lowest BCUT2D eigenvalue weighted by molar-refractivity contribution is -0.149. The molecule has 0 bridgehead atoms. The van der Waals surface area contributed by atoms with E-state index in [2.05, 4.69) is 10.6 Å². The van der Waals surface area contributed by atoms with Crippen LogP contribution in [-0.4, -0.2) is 42.9 Å². The molecule has 6 nitrogen and oxygen atoms in total. The molecule has 0 rings (SSSR count). The number of nitrogens with one attached hydrogen (secondary N) is 2. The molecule has 6 heteroatoms. The molecular formula is C13H26N2O4. The SMILES string of the molecule is CCC(CC)(CNC(=O)NCC(C)(C)OC)C(=O)O. The Morgan fingerprint density at radius 2 is 1.58 bits per heavy atom. The van der Waals surface area contributed by atoms with Crippen LogP contribution in [0.2, 0.25) is 0 Å². The lowest BCUT2D eigenvalue weighted by Crippen LogP contribution is -2.48. The topological polar surface area (TPSA) is 87.7 Å². The van der Waals surface area contributed by atoms with Gasteiger partial charge in [-0.05, 0) is 26.7 Å². The van der Waals surface area contributed by atoms with Gasteiger partial charge in [-0.25, -0.2) is 4.79 Å². The van der Waals surface area contributed by atoms with Crippen LogP contribution in [0, 0.1) is 5.41 Å². The van der Waals surface area contributed by atoms with Gasteiger partial charge in [0.2, 0.25) is 0 Å². The molecule has 19 heavy (non-hydrogen) atoms. The van der Waals surface area contributed by atoms with E-state index < -0.39 is 17.0 Å². The van der Waals surface area contributed by atoms with Crippen molar-refractivity contribution in [1.82, 2.24) is 10.6 Å². The Labute approximate surface area is 114 Å². The van der Waals surface area contributed by atoms with Crippen molar-refractivity contribution in [2.24, 2.45) is 5.41 Å². The van der Waals surface area contributed by atoms with Gasteiger partial charge in [-0.2, -0.15) is 0 Å². The van der Waals surface area contributed by atoms with Crippen molar-refractivity contribution in [3.05, 3.63) is 0 Å². The average molecular weight is 274 g/mol.